The van der Waals surface area contributed by atoms with Gasteiger partial charge in [-0.25, -0.2) is 13.1 Å². The summed E-state index contributed by atoms with van der Waals surface area (Å²) in [4.78, 5) is 26.9. The van der Waals surface area contributed by atoms with Crippen LogP contribution in [0.2, 0.25) is 0 Å². The molecule has 0 unspecified atom stereocenters. The molecule has 1 saturated heterocycles. The molecule has 2 amide bonds. The third-order valence-corrected chi connectivity index (χ3v) is 7.37. The van der Waals surface area contributed by atoms with E-state index in [1.54, 1.807) is 6.07 Å². The van der Waals surface area contributed by atoms with Crippen LogP contribution >= 0.6 is 15.9 Å². The van der Waals surface area contributed by atoms with E-state index in [0.29, 0.717) is 48.3 Å². The lowest BCUT2D eigenvalue weighted by atomic mass is 10.0. The number of likely N-dealkylation sites (tertiary alicyclic amines) is 1. The molecule has 9 heteroatoms. The normalized spacial score (nSPS) is 18.1. The van der Waals surface area contributed by atoms with Crippen LogP contribution in [0.5, 0.6) is 0 Å². The molecule has 0 radical (unpaired) electrons. The van der Waals surface area contributed by atoms with Gasteiger partial charge in [0.15, 0.2) is 0 Å². The van der Waals surface area contributed by atoms with Gasteiger partial charge in [-0.2, -0.15) is 0 Å². The topological polar surface area (TPSA) is 95.6 Å². The Kier molecular flexibility index (Phi) is 7.01. The van der Waals surface area contributed by atoms with Gasteiger partial charge in [-0.15, -0.1) is 0 Å². The standard InChI is InChI=1S/C20H28BrN3O4S/c1-13(2)11-19(25)24-9-7-14(8-10-24)22-20(26)17-12-16(5-6-18(17)21)29(27,28)23-15-3-4-15/h5-6,12-15,23H,3-4,7-11H2,1-2H3,(H,22,26). The van der Waals surface area contributed by atoms with E-state index in [0.717, 1.165) is 12.8 Å². The first kappa shape index (κ1) is 22.2. The zero-order valence-electron chi connectivity index (χ0n) is 16.8. The van der Waals surface area contributed by atoms with Crippen molar-refractivity contribution in [2.75, 3.05) is 13.1 Å². The smallest absolute Gasteiger partial charge is 0.252 e. The first-order valence-electron chi connectivity index (χ1n) is 10.1. The Bertz CT molecular complexity index is 876. The number of halogens is 1. The lowest BCUT2D eigenvalue weighted by Crippen LogP contribution is -2.46. The number of carbonyl (C=O) groups is 2. The van der Waals surface area contributed by atoms with Crippen molar-refractivity contribution in [1.29, 1.82) is 0 Å². The van der Waals surface area contributed by atoms with Gasteiger partial charge >= 0.3 is 0 Å². The van der Waals surface area contributed by atoms with Gasteiger partial charge in [0.1, 0.15) is 0 Å². The molecule has 1 aromatic rings. The summed E-state index contributed by atoms with van der Waals surface area (Å²) in [5.41, 5.74) is 0.294. The Balaban J connectivity index is 1.61. The molecular formula is C20H28BrN3O4S. The zero-order chi connectivity index (χ0) is 21.2. The van der Waals surface area contributed by atoms with Crippen LogP contribution in [0.4, 0.5) is 0 Å². The maximum Gasteiger partial charge on any atom is 0.252 e. The minimum absolute atomic E-state index is 0.00418. The molecule has 29 heavy (non-hydrogen) atoms. The maximum atomic E-state index is 12.8. The van der Waals surface area contributed by atoms with Crippen molar-refractivity contribution in [2.24, 2.45) is 5.92 Å². The fourth-order valence-corrected chi connectivity index (χ4v) is 5.11. The summed E-state index contributed by atoms with van der Waals surface area (Å²) in [6.07, 6.45) is 3.62. The van der Waals surface area contributed by atoms with E-state index in [2.05, 4.69) is 26.0 Å². The fourth-order valence-electron chi connectivity index (χ4n) is 3.35. The number of piperidine rings is 1. The molecule has 160 valence electrons. The highest BCUT2D eigenvalue weighted by atomic mass is 79.9. The Labute approximate surface area is 180 Å². The highest BCUT2D eigenvalue weighted by molar-refractivity contribution is 9.10. The number of benzene rings is 1. The molecule has 1 aliphatic heterocycles. The summed E-state index contributed by atoms with van der Waals surface area (Å²) >= 11 is 3.35. The first-order valence-corrected chi connectivity index (χ1v) is 12.3. The molecule has 2 N–H and O–H groups in total. The van der Waals surface area contributed by atoms with Gasteiger partial charge in [0.2, 0.25) is 15.9 Å². The van der Waals surface area contributed by atoms with Crippen LogP contribution in [0.15, 0.2) is 27.6 Å². The van der Waals surface area contributed by atoms with E-state index in [1.807, 2.05) is 18.7 Å². The lowest BCUT2D eigenvalue weighted by molar-refractivity contribution is -0.133. The third kappa shape index (κ3) is 6.02. The van der Waals surface area contributed by atoms with Crippen molar-refractivity contribution in [3.8, 4) is 0 Å². The Morgan fingerprint density at radius 2 is 1.79 bits per heavy atom. The number of nitrogens with zero attached hydrogens (tertiary/aromatic N) is 1. The number of hydrogen-bond donors (Lipinski definition) is 2. The molecule has 3 rings (SSSR count). The summed E-state index contributed by atoms with van der Waals surface area (Å²) < 4.78 is 28.1. The highest BCUT2D eigenvalue weighted by Gasteiger charge is 2.29. The second-order valence-corrected chi connectivity index (χ2v) is 10.8. The van der Waals surface area contributed by atoms with Crippen LogP contribution in [0.25, 0.3) is 0 Å². The van der Waals surface area contributed by atoms with Crippen LogP contribution < -0.4 is 10.0 Å². The van der Waals surface area contributed by atoms with Gasteiger partial charge in [0.05, 0.1) is 10.5 Å². The number of amides is 2. The zero-order valence-corrected chi connectivity index (χ0v) is 19.2. The minimum Gasteiger partial charge on any atom is -0.349 e. The van der Waals surface area contributed by atoms with Gasteiger partial charge in [0.25, 0.3) is 5.91 Å². The van der Waals surface area contributed by atoms with E-state index in [4.69, 9.17) is 0 Å². The molecule has 0 aromatic heterocycles. The summed E-state index contributed by atoms with van der Waals surface area (Å²) in [5, 5.41) is 2.99. The van der Waals surface area contributed by atoms with Gasteiger partial charge in [-0.05, 0) is 65.7 Å². The monoisotopic (exact) mass is 485 g/mol. The van der Waals surface area contributed by atoms with Crippen molar-refractivity contribution in [3.63, 3.8) is 0 Å². The Hall–Kier alpha value is -1.45. The van der Waals surface area contributed by atoms with Gasteiger partial charge < -0.3 is 10.2 Å². The Morgan fingerprint density at radius 3 is 2.38 bits per heavy atom. The number of rotatable bonds is 7. The molecule has 2 aliphatic rings. The van der Waals surface area contributed by atoms with Gasteiger partial charge in [-0.1, -0.05) is 13.8 Å². The molecular weight excluding hydrogens is 458 g/mol. The molecule has 0 spiro atoms. The minimum atomic E-state index is -3.62. The summed E-state index contributed by atoms with van der Waals surface area (Å²) in [7, 11) is -3.62. The predicted molar refractivity (Wildman–Crippen MR) is 114 cm³/mol. The summed E-state index contributed by atoms with van der Waals surface area (Å²) in [6, 6.07) is 4.45. The SMILES string of the molecule is CC(C)CC(=O)N1CCC(NC(=O)c2cc(S(=O)(=O)NC3CC3)ccc2Br)CC1. The quantitative estimate of drug-likeness (QED) is 0.620. The average molecular weight is 486 g/mol. The lowest BCUT2D eigenvalue weighted by Gasteiger charge is -2.33. The van der Waals surface area contributed by atoms with Crippen molar-refractivity contribution in [1.82, 2.24) is 14.9 Å². The van der Waals surface area contributed by atoms with Crippen molar-refractivity contribution >= 4 is 37.8 Å². The molecule has 2 fully saturated rings. The molecule has 1 saturated carbocycles. The van der Waals surface area contributed by atoms with Crippen molar-refractivity contribution < 1.29 is 18.0 Å². The second-order valence-electron chi connectivity index (χ2n) is 8.26. The molecule has 0 bridgehead atoms. The molecule has 1 heterocycles. The number of nitrogens with one attached hydrogen (secondary N) is 2. The van der Waals surface area contributed by atoms with Gasteiger partial charge in [0, 0.05) is 36.1 Å². The highest BCUT2D eigenvalue weighted by Crippen LogP contribution is 2.25. The van der Waals surface area contributed by atoms with Crippen molar-refractivity contribution in [3.05, 3.63) is 28.2 Å². The Morgan fingerprint density at radius 1 is 1.14 bits per heavy atom. The average Bonchev–Trinajstić information content (AvgIpc) is 3.45. The van der Waals surface area contributed by atoms with E-state index >= 15 is 0 Å². The van der Waals surface area contributed by atoms with E-state index in [9.17, 15) is 18.0 Å². The predicted octanol–water partition coefficient (Wildman–Crippen LogP) is 2.66. The van der Waals surface area contributed by atoms with Gasteiger partial charge in [-0.3, -0.25) is 9.59 Å². The van der Waals surface area contributed by atoms with E-state index in [-0.39, 0.29) is 28.8 Å². The van der Waals surface area contributed by atoms with Crippen LogP contribution in [-0.2, 0) is 14.8 Å². The number of carbonyl (C=O) groups excluding carboxylic acids is 2. The fraction of sp³-hybridized carbons (Fsp3) is 0.600. The molecule has 7 nitrogen and oxygen atoms in total. The number of sulfonamides is 1. The van der Waals surface area contributed by atoms with E-state index in [1.165, 1.54) is 12.1 Å². The molecule has 1 aromatic carbocycles. The van der Waals surface area contributed by atoms with Crippen LogP contribution in [-0.4, -0.2) is 50.3 Å². The summed E-state index contributed by atoms with van der Waals surface area (Å²) in [5.74, 6) is 0.177. The van der Waals surface area contributed by atoms with Crippen LogP contribution in [0, 0.1) is 5.92 Å². The van der Waals surface area contributed by atoms with Crippen LogP contribution in [0.3, 0.4) is 0 Å². The maximum absolute atomic E-state index is 12.8. The first-order chi connectivity index (χ1) is 13.7. The summed E-state index contributed by atoms with van der Waals surface area (Å²) in [6.45, 7) is 5.29. The van der Waals surface area contributed by atoms with Crippen LogP contribution in [0.1, 0.15) is 56.3 Å². The number of hydrogen-bond acceptors (Lipinski definition) is 4. The third-order valence-electron chi connectivity index (χ3n) is 5.16. The van der Waals surface area contributed by atoms with E-state index < -0.39 is 10.0 Å². The largest absolute Gasteiger partial charge is 0.349 e. The molecule has 1 aliphatic carbocycles. The van der Waals surface area contributed by atoms with Crippen molar-refractivity contribution in [2.45, 2.75) is 62.9 Å². The molecule has 0 atom stereocenters. The second kappa shape index (κ2) is 9.14.